The zero-order valence-corrected chi connectivity index (χ0v) is 13.5. The number of carbonyl (C=O) groups excluding carboxylic acids is 1. The second-order valence-electron chi connectivity index (χ2n) is 5.77. The maximum atomic E-state index is 12.9. The van der Waals surface area contributed by atoms with Crippen molar-refractivity contribution in [3.8, 4) is 0 Å². The van der Waals surface area contributed by atoms with Crippen LogP contribution in [0.15, 0.2) is 48.5 Å². The molecule has 2 aromatic rings. The number of nitrogens with one attached hydrogen (secondary N) is 4. The third-order valence-electron chi connectivity index (χ3n) is 4.06. The molecule has 1 aliphatic heterocycles. The fraction of sp³-hybridized carbons (Fsp3) is 0.278. The Kier molecular flexibility index (Phi) is 5.08. The van der Waals surface area contributed by atoms with Crippen LogP contribution < -0.4 is 21.5 Å². The summed E-state index contributed by atoms with van der Waals surface area (Å²) in [6, 6.07) is 13.7. The number of aryl methyl sites for hydroxylation is 1. The number of carbonyl (C=O) groups is 1. The lowest BCUT2D eigenvalue weighted by Crippen LogP contribution is -2.68. The molecule has 1 aliphatic rings. The Morgan fingerprint density at radius 1 is 1.08 bits per heavy atom. The fourth-order valence-electron chi connectivity index (χ4n) is 2.73. The van der Waals surface area contributed by atoms with E-state index >= 15 is 0 Å². The van der Waals surface area contributed by atoms with Crippen LogP contribution in [0, 0.1) is 5.82 Å². The topological polar surface area (TPSA) is 65.2 Å². The lowest BCUT2D eigenvalue weighted by molar-refractivity contribution is -0.126. The molecule has 2 atom stereocenters. The van der Waals surface area contributed by atoms with Crippen LogP contribution in [0.25, 0.3) is 0 Å². The smallest absolute Gasteiger partial charge is 0.241 e. The fourth-order valence-corrected chi connectivity index (χ4v) is 2.73. The number of amides is 1. The third-order valence-corrected chi connectivity index (χ3v) is 4.06. The second kappa shape index (κ2) is 7.42. The van der Waals surface area contributed by atoms with E-state index in [4.69, 9.17) is 0 Å². The number of hydrogen-bond donors (Lipinski definition) is 4. The summed E-state index contributed by atoms with van der Waals surface area (Å²) in [6.07, 6.45) is 0.997. The average molecular weight is 328 g/mol. The minimum absolute atomic E-state index is 0.107. The molecular weight excluding hydrogens is 307 g/mol. The highest BCUT2D eigenvalue weighted by Gasteiger charge is 2.27. The van der Waals surface area contributed by atoms with Gasteiger partial charge in [0.2, 0.25) is 5.91 Å². The minimum Gasteiger partial charge on any atom is -0.352 e. The van der Waals surface area contributed by atoms with Gasteiger partial charge in [-0.3, -0.25) is 4.79 Å². The molecule has 0 spiro atoms. The molecule has 0 saturated carbocycles. The van der Waals surface area contributed by atoms with Crippen LogP contribution in [0.4, 0.5) is 10.1 Å². The molecule has 4 N–H and O–H groups in total. The summed E-state index contributed by atoms with van der Waals surface area (Å²) >= 11 is 0. The van der Waals surface area contributed by atoms with E-state index in [2.05, 4.69) is 34.5 Å². The summed E-state index contributed by atoms with van der Waals surface area (Å²) in [7, 11) is 0. The molecule has 1 heterocycles. The van der Waals surface area contributed by atoms with Crippen molar-refractivity contribution in [1.29, 1.82) is 0 Å². The number of hydrazine groups is 1. The zero-order valence-electron chi connectivity index (χ0n) is 13.5. The predicted octanol–water partition coefficient (Wildman–Crippen LogP) is 1.92. The first-order valence-corrected chi connectivity index (χ1v) is 8.06. The number of benzene rings is 2. The summed E-state index contributed by atoms with van der Waals surface area (Å²) in [6.45, 7) is 2.09. The Bertz CT molecular complexity index is 704. The Labute approximate surface area is 140 Å². The van der Waals surface area contributed by atoms with E-state index in [1.807, 2.05) is 18.2 Å². The Balaban J connectivity index is 1.59. The van der Waals surface area contributed by atoms with Gasteiger partial charge < -0.3 is 10.6 Å². The van der Waals surface area contributed by atoms with Crippen molar-refractivity contribution < 1.29 is 9.18 Å². The molecule has 1 fully saturated rings. The van der Waals surface area contributed by atoms with Crippen LogP contribution in [0.3, 0.4) is 0 Å². The maximum Gasteiger partial charge on any atom is 0.241 e. The van der Waals surface area contributed by atoms with Gasteiger partial charge in [-0.15, -0.1) is 0 Å². The largest absolute Gasteiger partial charge is 0.352 e. The van der Waals surface area contributed by atoms with E-state index in [0.717, 1.165) is 17.7 Å². The molecule has 5 nitrogen and oxygen atoms in total. The van der Waals surface area contributed by atoms with Gasteiger partial charge in [0.25, 0.3) is 0 Å². The van der Waals surface area contributed by atoms with E-state index in [1.54, 1.807) is 12.1 Å². The first-order valence-electron chi connectivity index (χ1n) is 8.06. The molecule has 1 amide bonds. The van der Waals surface area contributed by atoms with Crippen LogP contribution in [0.5, 0.6) is 0 Å². The predicted molar refractivity (Wildman–Crippen MR) is 91.5 cm³/mol. The van der Waals surface area contributed by atoms with Crippen molar-refractivity contribution in [2.24, 2.45) is 0 Å². The molecule has 6 heteroatoms. The van der Waals surface area contributed by atoms with E-state index < -0.39 is 12.3 Å². The van der Waals surface area contributed by atoms with Crippen molar-refractivity contribution in [3.05, 3.63) is 65.5 Å². The standard InChI is InChI=1S/C18H21FN4O/c1-2-13-5-3-4-6-15(13)20-18-21-17(24)16(22-23-18)11-12-7-9-14(19)10-8-12/h3-10,16,18,20,22-23H,2,11H2,1H3,(H,21,24). The van der Waals surface area contributed by atoms with E-state index in [0.29, 0.717) is 6.42 Å². The van der Waals surface area contributed by atoms with E-state index in [-0.39, 0.29) is 11.7 Å². The highest BCUT2D eigenvalue weighted by molar-refractivity contribution is 5.83. The average Bonchev–Trinajstić information content (AvgIpc) is 2.60. The van der Waals surface area contributed by atoms with Gasteiger partial charge in [0.05, 0.1) is 0 Å². The first kappa shape index (κ1) is 16.4. The first-order chi connectivity index (χ1) is 11.7. The summed E-state index contributed by atoms with van der Waals surface area (Å²) < 4.78 is 12.9. The van der Waals surface area contributed by atoms with Gasteiger partial charge in [0.1, 0.15) is 11.9 Å². The maximum absolute atomic E-state index is 12.9. The van der Waals surface area contributed by atoms with Crippen molar-refractivity contribution in [2.45, 2.75) is 32.1 Å². The molecule has 3 rings (SSSR count). The summed E-state index contributed by atoms with van der Waals surface area (Å²) in [5, 5.41) is 6.17. The number of hydrogen-bond acceptors (Lipinski definition) is 4. The molecule has 0 aliphatic carbocycles. The van der Waals surface area contributed by atoms with Crippen LogP contribution >= 0.6 is 0 Å². The summed E-state index contributed by atoms with van der Waals surface area (Å²) in [4.78, 5) is 12.3. The molecule has 0 aromatic heterocycles. The van der Waals surface area contributed by atoms with Gasteiger partial charge in [-0.05, 0) is 42.2 Å². The number of anilines is 1. The van der Waals surface area contributed by atoms with Gasteiger partial charge in [-0.1, -0.05) is 37.3 Å². The zero-order chi connectivity index (χ0) is 16.9. The number of halogens is 1. The number of para-hydroxylation sites is 1. The summed E-state index contributed by atoms with van der Waals surface area (Å²) in [5.41, 5.74) is 9.15. The van der Waals surface area contributed by atoms with Crippen LogP contribution in [0.2, 0.25) is 0 Å². The van der Waals surface area contributed by atoms with Gasteiger partial charge in [0.15, 0.2) is 6.29 Å². The van der Waals surface area contributed by atoms with Crippen LogP contribution in [-0.2, 0) is 17.6 Å². The van der Waals surface area contributed by atoms with Gasteiger partial charge >= 0.3 is 0 Å². The van der Waals surface area contributed by atoms with Gasteiger partial charge in [-0.25, -0.2) is 15.2 Å². The molecule has 24 heavy (non-hydrogen) atoms. The molecule has 0 bridgehead atoms. The molecular formula is C18H21FN4O. The van der Waals surface area contributed by atoms with Crippen molar-refractivity contribution in [1.82, 2.24) is 16.2 Å². The van der Waals surface area contributed by atoms with Crippen molar-refractivity contribution in [3.63, 3.8) is 0 Å². The van der Waals surface area contributed by atoms with Crippen molar-refractivity contribution in [2.75, 3.05) is 5.32 Å². The summed E-state index contributed by atoms with van der Waals surface area (Å²) in [5.74, 6) is -0.388. The quantitative estimate of drug-likeness (QED) is 0.677. The Hall–Kier alpha value is -2.44. The van der Waals surface area contributed by atoms with Crippen LogP contribution in [-0.4, -0.2) is 18.2 Å². The van der Waals surface area contributed by atoms with E-state index in [9.17, 15) is 9.18 Å². The number of rotatable bonds is 5. The highest BCUT2D eigenvalue weighted by atomic mass is 19.1. The minimum atomic E-state index is -0.407. The Morgan fingerprint density at radius 2 is 1.83 bits per heavy atom. The molecule has 2 aromatic carbocycles. The van der Waals surface area contributed by atoms with E-state index in [1.165, 1.54) is 17.7 Å². The third kappa shape index (κ3) is 3.90. The molecule has 126 valence electrons. The molecule has 1 saturated heterocycles. The van der Waals surface area contributed by atoms with Crippen LogP contribution in [0.1, 0.15) is 18.1 Å². The molecule has 0 radical (unpaired) electrons. The van der Waals surface area contributed by atoms with Gasteiger partial charge in [-0.2, -0.15) is 0 Å². The lowest BCUT2D eigenvalue weighted by atomic mass is 10.1. The Morgan fingerprint density at radius 3 is 2.54 bits per heavy atom. The van der Waals surface area contributed by atoms with Gasteiger partial charge in [0, 0.05) is 5.69 Å². The molecule has 2 unspecified atom stereocenters. The van der Waals surface area contributed by atoms with Crippen molar-refractivity contribution >= 4 is 11.6 Å². The normalized spacial score (nSPS) is 20.5. The highest BCUT2D eigenvalue weighted by Crippen LogP contribution is 2.16. The second-order valence-corrected chi connectivity index (χ2v) is 5.77. The lowest BCUT2D eigenvalue weighted by Gasteiger charge is -2.32. The SMILES string of the molecule is CCc1ccccc1NC1NNC(Cc2ccc(F)cc2)C(=O)N1. The monoisotopic (exact) mass is 328 g/mol.